The van der Waals surface area contributed by atoms with Crippen molar-refractivity contribution < 1.29 is 9.53 Å². The number of amides is 2. The zero-order chi connectivity index (χ0) is 11.9. The van der Waals surface area contributed by atoms with Gasteiger partial charge in [-0.05, 0) is 44.7 Å². The summed E-state index contributed by atoms with van der Waals surface area (Å²) in [6.45, 7) is 4.33. The first kappa shape index (κ1) is 12.6. The van der Waals surface area contributed by atoms with Gasteiger partial charge in [-0.25, -0.2) is 4.79 Å². The highest BCUT2D eigenvalue weighted by molar-refractivity contribution is 5.73. The molecule has 5 heteroatoms. The van der Waals surface area contributed by atoms with E-state index in [0.717, 1.165) is 45.5 Å². The first-order valence-corrected chi connectivity index (χ1v) is 6.68. The van der Waals surface area contributed by atoms with Crippen LogP contribution in [0.25, 0.3) is 0 Å². The van der Waals surface area contributed by atoms with Gasteiger partial charge in [0.25, 0.3) is 0 Å². The Balaban J connectivity index is 1.53. The number of carbonyl (C=O) groups is 1. The minimum atomic E-state index is -0.0638. The smallest absolute Gasteiger partial charge is 0.314 e. The molecule has 2 heterocycles. The summed E-state index contributed by atoms with van der Waals surface area (Å²) >= 11 is 0. The molecule has 0 spiro atoms. The Morgan fingerprint density at radius 1 is 1.24 bits per heavy atom. The second kappa shape index (κ2) is 6.81. The van der Waals surface area contributed by atoms with Crippen molar-refractivity contribution in [3.8, 4) is 0 Å². The van der Waals surface area contributed by atoms with Crippen LogP contribution in [0.1, 0.15) is 25.7 Å². The van der Waals surface area contributed by atoms with Gasteiger partial charge in [-0.15, -0.1) is 0 Å². The molecule has 2 rings (SSSR count). The summed E-state index contributed by atoms with van der Waals surface area (Å²) in [6, 6.07) is -0.0638. The molecule has 0 aromatic carbocycles. The topological polar surface area (TPSA) is 62.4 Å². The molecule has 0 radical (unpaired) electrons. The molecule has 0 aromatic heterocycles. The van der Waals surface area contributed by atoms with Gasteiger partial charge in [0.1, 0.15) is 0 Å². The van der Waals surface area contributed by atoms with Gasteiger partial charge in [0.05, 0.1) is 6.10 Å². The van der Waals surface area contributed by atoms with Crippen molar-refractivity contribution in [1.82, 2.24) is 16.0 Å². The maximum absolute atomic E-state index is 11.5. The van der Waals surface area contributed by atoms with Crippen molar-refractivity contribution in [1.29, 1.82) is 0 Å². The van der Waals surface area contributed by atoms with Crippen molar-refractivity contribution in [3.63, 3.8) is 0 Å². The van der Waals surface area contributed by atoms with Crippen molar-refractivity contribution in [2.24, 2.45) is 5.92 Å². The van der Waals surface area contributed by atoms with Crippen molar-refractivity contribution in [2.75, 3.05) is 32.8 Å². The van der Waals surface area contributed by atoms with Gasteiger partial charge in [0, 0.05) is 19.7 Å². The average molecular weight is 241 g/mol. The van der Waals surface area contributed by atoms with Crippen LogP contribution in [-0.2, 0) is 4.74 Å². The van der Waals surface area contributed by atoms with Gasteiger partial charge in [0.2, 0.25) is 0 Å². The Hall–Kier alpha value is -0.810. The molecule has 0 saturated carbocycles. The van der Waals surface area contributed by atoms with Gasteiger partial charge >= 0.3 is 6.03 Å². The summed E-state index contributed by atoms with van der Waals surface area (Å²) in [4.78, 5) is 11.5. The second-order valence-electron chi connectivity index (χ2n) is 4.94. The summed E-state index contributed by atoms with van der Waals surface area (Å²) in [5, 5.41) is 9.09. The van der Waals surface area contributed by atoms with Gasteiger partial charge in [-0.1, -0.05) is 0 Å². The van der Waals surface area contributed by atoms with Crippen LogP contribution in [-0.4, -0.2) is 44.9 Å². The Morgan fingerprint density at radius 2 is 2.12 bits per heavy atom. The third-order valence-corrected chi connectivity index (χ3v) is 3.48. The third kappa shape index (κ3) is 4.52. The first-order chi connectivity index (χ1) is 8.34. The molecule has 2 fully saturated rings. The fraction of sp³-hybridized carbons (Fsp3) is 0.917. The van der Waals surface area contributed by atoms with Crippen LogP contribution in [0, 0.1) is 5.92 Å². The van der Waals surface area contributed by atoms with E-state index in [2.05, 4.69) is 16.0 Å². The van der Waals surface area contributed by atoms with E-state index in [1.807, 2.05) is 0 Å². The number of rotatable bonds is 4. The van der Waals surface area contributed by atoms with E-state index in [1.54, 1.807) is 0 Å². The molecule has 0 bridgehead atoms. The van der Waals surface area contributed by atoms with Crippen LogP contribution in [0.4, 0.5) is 4.79 Å². The highest BCUT2D eigenvalue weighted by atomic mass is 16.5. The standard InChI is InChI=1S/C12H23N3O2/c16-12(14-8-10-4-5-13-7-10)15-9-11-3-1-2-6-17-11/h10-11,13H,1-9H2,(H2,14,15,16). The summed E-state index contributed by atoms with van der Waals surface area (Å²) in [7, 11) is 0. The minimum absolute atomic E-state index is 0.0638. The van der Waals surface area contributed by atoms with Crippen LogP contribution in [0.3, 0.4) is 0 Å². The highest BCUT2D eigenvalue weighted by Gasteiger charge is 2.17. The van der Waals surface area contributed by atoms with Crippen molar-refractivity contribution in [2.45, 2.75) is 31.8 Å². The third-order valence-electron chi connectivity index (χ3n) is 3.48. The Kier molecular flexibility index (Phi) is 5.07. The van der Waals surface area contributed by atoms with Crippen LogP contribution in [0.5, 0.6) is 0 Å². The molecule has 17 heavy (non-hydrogen) atoms. The maximum Gasteiger partial charge on any atom is 0.314 e. The number of ether oxygens (including phenoxy) is 1. The lowest BCUT2D eigenvalue weighted by Gasteiger charge is -2.22. The second-order valence-corrected chi connectivity index (χ2v) is 4.94. The summed E-state index contributed by atoms with van der Waals surface area (Å²) < 4.78 is 5.55. The van der Waals surface area contributed by atoms with E-state index in [1.165, 1.54) is 6.42 Å². The Morgan fingerprint density at radius 3 is 2.82 bits per heavy atom. The van der Waals surface area contributed by atoms with Crippen molar-refractivity contribution >= 4 is 6.03 Å². The summed E-state index contributed by atoms with van der Waals surface area (Å²) in [5.41, 5.74) is 0. The molecule has 2 atom stereocenters. The molecule has 3 N–H and O–H groups in total. The van der Waals surface area contributed by atoms with E-state index in [4.69, 9.17) is 4.74 Å². The molecular weight excluding hydrogens is 218 g/mol. The number of nitrogens with one attached hydrogen (secondary N) is 3. The molecule has 0 aromatic rings. The predicted octanol–water partition coefficient (Wildman–Crippen LogP) is 0.464. The number of urea groups is 1. The van der Waals surface area contributed by atoms with Crippen LogP contribution < -0.4 is 16.0 Å². The lowest BCUT2D eigenvalue weighted by molar-refractivity contribution is 0.0184. The predicted molar refractivity (Wildman–Crippen MR) is 66.0 cm³/mol. The molecule has 2 unspecified atom stereocenters. The molecule has 98 valence electrons. The molecule has 2 saturated heterocycles. The highest BCUT2D eigenvalue weighted by Crippen LogP contribution is 2.11. The number of hydrogen-bond donors (Lipinski definition) is 3. The van der Waals surface area contributed by atoms with E-state index >= 15 is 0 Å². The largest absolute Gasteiger partial charge is 0.376 e. The first-order valence-electron chi connectivity index (χ1n) is 6.68. The molecule has 2 aliphatic rings. The molecule has 2 amide bonds. The SMILES string of the molecule is O=C(NCC1CCNC1)NCC1CCCCO1. The fourth-order valence-corrected chi connectivity index (χ4v) is 2.36. The van der Waals surface area contributed by atoms with Gasteiger partial charge < -0.3 is 20.7 Å². The normalized spacial score (nSPS) is 28.9. The Labute approximate surface area is 103 Å². The van der Waals surface area contributed by atoms with Crippen LogP contribution in [0.15, 0.2) is 0 Å². The zero-order valence-electron chi connectivity index (χ0n) is 10.3. The molecule has 5 nitrogen and oxygen atoms in total. The van der Waals surface area contributed by atoms with E-state index in [0.29, 0.717) is 12.5 Å². The quantitative estimate of drug-likeness (QED) is 0.670. The lowest BCUT2D eigenvalue weighted by Crippen LogP contribution is -2.43. The number of carbonyl (C=O) groups excluding carboxylic acids is 1. The Bertz CT molecular complexity index is 236. The van der Waals surface area contributed by atoms with Gasteiger partial charge in [-0.3, -0.25) is 0 Å². The fourth-order valence-electron chi connectivity index (χ4n) is 2.36. The molecule has 0 aliphatic carbocycles. The lowest BCUT2D eigenvalue weighted by atomic mass is 10.1. The monoisotopic (exact) mass is 241 g/mol. The van der Waals surface area contributed by atoms with E-state index in [-0.39, 0.29) is 12.1 Å². The summed E-state index contributed by atoms with van der Waals surface area (Å²) in [6.07, 6.45) is 4.79. The summed E-state index contributed by atoms with van der Waals surface area (Å²) in [5.74, 6) is 0.590. The molecular formula is C12H23N3O2. The maximum atomic E-state index is 11.5. The number of hydrogen-bond acceptors (Lipinski definition) is 3. The molecule has 2 aliphatic heterocycles. The average Bonchev–Trinajstić information content (AvgIpc) is 2.88. The van der Waals surface area contributed by atoms with Crippen LogP contribution >= 0.6 is 0 Å². The zero-order valence-corrected chi connectivity index (χ0v) is 10.3. The van der Waals surface area contributed by atoms with E-state index in [9.17, 15) is 4.79 Å². The van der Waals surface area contributed by atoms with Crippen molar-refractivity contribution in [3.05, 3.63) is 0 Å². The van der Waals surface area contributed by atoms with E-state index < -0.39 is 0 Å². The van der Waals surface area contributed by atoms with Gasteiger partial charge in [0.15, 0.2) is 0 Å². The minimum Gasteiger partial charge on any atom is -0.376 e. The van der Waals surface area contributed by atoms with Gasteiger partial charge in [-0.2, -0.15) is 0 Å². The van der Waals surface area contributed by atoms with Crippen LogP contribution in [0.2, 0.25) is 0 Å².